The normalized spacial score (nSPS) is 10.2. The number of halogens is 1. The quantitative estimate of drug-likeness (QED) is 0.629. The molecule has 0 unspecified atom stereocenters. The summed E-state index contributed by atoms with van der Waals surface area (Å²) in [5.41, 5.74) is 1.52. The number of methoxy groups -OCH3 is 2. The topological polar surface area (TPSA) is 98.3 Å². The van der Waals surface area contributed by atoms with Crippen molar-refractivity contribution in [3.63, 3.8) is 0 Å². The lowest BCUT2D eigenvalue weighted by molar-refractivity contribution is 0.0945. The third-order valence-corrected chi connectivity index (χ3v) is 4.06. The number of benzene rings is 1. The first-order chi connectivity index (χ1) is 13.6. The summed E-state index contributed by atoms with van der Waals surface area (Å²) in [6.45, 7) is 0.300. The third-order valence-electron chi connectivity index (χ3n) is 3.76. The minimum absolute atomic E-state index is 0.216. The zero-order chi connectivity index (χ0) is 19.9. The van der Waals surface area contributed by atoms with E-state index in [4.69, 9.17) is 21.1 Å². The van der Waals surface area contributed by atoms with Crippen molar-refractivity contribution in [2.45, 2.75) is 6.54 Å². The van der Waals surface area contributed by atoms with Crippen LogP contribution in [0.15, 0.2) is 48.8 Å². The molecule has 0 spiro atoms. The Kier molecular flexibility index (Phi) is 6.23. The van der Waals surface area contributed by atoms with E-state index in [1.807, 2.05) is 18.2 Å². The van der Waals surface area contributed by atoms with Crippen LogP contribution in [0.2, 0.25) is 5.02 Å². The van der Waals surface area contributed by atoms with Crippen LogP contribution in [0.3, 0.4) is 0 Å². The molecule has 0 saturated carbocycles. The first-order valence-electron chi connectivity index (χ1n) is 8.30. The lowest BCUT2D eigenvalue weighted by atomic mass is 10.2. The van der Waals surface area contributed by atoms with E-state index >= 15 is 0 Å². The average molecular weight is 400 g/mol. The molecule has 0 fully saturated rings. The van der Waals surface area contributed by atoms with Gasteiger partial charge < -0.3 is 20.1 Å². The summed E-state index contributed by atoms with van der Waals surface area (Å²) in [5.74, 6) is 0.846. The molecule has 0 radical (unpaired) electrons. The fraction of sp³-hybridized carbons (Fsp3) is 0.158. The van der Waals surface area contributed by atoms with E-state index in [2.05, 4.69) is 25.6 Å². The smallest absolute Gasteiger partial charge is 0.270 e. The first-order valence-corrected chi connectivity index (χ1v) is 8.68. The molecule has 1 amide bonds. The molecule has 1 aromatic carbocycles. The number of nitrogens with zero attached hydrogens (tertiary/aromatic N) is 3. The highest BCUT2D eigenvalue weighted by Crippen LogP contribution is 2.36. The maximum atomic E-state index is 12.4. The first kappa shape index (κ1) is 19.4. The van der Waals surface area contributed by atoms with Crippen LogP contribution in [0.5, 0.6) is 11.5 Å². The SMILES string of the molecule is COc1cc(Nc2nccc(C(=O)NCc3ccccn3)n2)c(OC)cc1Cl. The summed E-state index contributed by atoms with van der Waals surface area (Å²) in [7, 11) is 3.03. The maximum Gasteiger partial charge on any atom is 0.270 e. The van der Waals surface area contributed by atoms with E-state index < -0.39 is 0 Å². The summed E-state index contributed by atoms with van der Waals surface area (Å²) < 4.78 is 10.5. The highest BCUT2D eigenvalue weighted by atomic mass is 35.5. The van der Waals surface area contributed by atoms with Gasteiger partial charge in [-0.25, -0.2) is 9.97 Å². The molecular formula is C19H18ClN5O3. The van der Waals surface area contributed by atoms with Crippen LogP contribution >= 0.6 is 11.6 Å². The lowest BCUT2D eigenvalue weighted by Crippen LogP contribution is -2.24. The molecule has 3 aromatic rings. The lowest BCUT2D eigenvalue weighted by Gasteiger charge is -2.13. The van der Waals surface area contributed by atoms with Gasteiger partial charge in [0.15, 0.2) is 0 Å². The number of carbonyl (C=O) groups excluding carboxylic acids is 1. The van der Waals surface area contributed by atoms with Gasteiger partial charge >= 0.3 is 0 Å². The van der Waals surface area contributed by atoms with Gasteiger partial charge in [-0.15, -0.1) is 0 Å². The van der Waals surface area contributed by atoms with Gasteiger partial charge in [-0.1, -0.05) is 17.7 Å². The van der Waals surface area contributed by atoms with Crippen molar-refractivity contribution in [3.8, 4) is 11.5 Å². The number of rotatable bonds is 7. The number of ether oxygens (including phenoxy) is 2. The Hall–Kier alpha value is -3.39. The summed E-state index contributed by atoms with van der Waals surface area (Å²) in [6.07, 6.45) is 3.16. The fourth-order valence-corrected chi connectivity index (χ4v) is 2.62. The Balaban J connectivity index is 1.75. The second-order valence-electron chi connectivity index (χ2n) is 5.58. The molecule has 0 aliphatic carbocycles. The van der Waals surface area contributed by atoms with Gasteiger partial charge in [0, 0.05) is 24.5 Å². The van der Waals surface area contributed by atoms with E-state index in [1.54, 1.807) is 18.3 Å². The van der Waals surface area contributed by atoms with E-state index in [0.717, 1.165) is 5.69 Å². The van der Waals surface area contributed by atoms with Crippen LogP contribution in [-0.2, 0) is 6.54 Å². The van der Waals surface area contributed by atoms with E-state index in [-0.39, 0.29) is 17.5 Å². The number of hydrogen-bond donors (Lipinski definition) is 2. The second kappa shape index (κ2) is 9.01. The zero-order valence-electron chi connectivity index (χ0n) is 15.3. The van der Waals surface area contributed by atoms with Gasteiger partial charge in [-0.2, -0.15) is 0 Å². The number of carbonyl (C=O) groups is 1. The minimum atomic E-state index is -0.336. The molecule has 0 aliphatic heterocycles. The summed E-state index contributed by atoms with van der Waals surface area (Å²) in [4.78, 5) is 24.9. The molecule has 2 heterocycles. The molecule has 144 valence electrons. The Labute approximate surface area is 166 Å². The van der Waals surface area contributed by atoms with Crippen LogP contribution < -0.4 is 20.1 Å². The molecule has 28 heavy (non-hydrogen) atoms. The monoisotopic (exact) mass is 399 g/mol. The highest BCUT2D eigenvalue weighted by molar-refractivity contribution is 6.32. The Morgan fingerprint density at radius 1 is 1.07 bits per heavy atom. The van der Waals surface area contributed by atoms with Crippen LogP contribution in [0.1, 0.15) is 16.2 Å². The Bertz CT molecular complexity index is 969. The molecule has 0 bridgehead atoms. The van der Waals surface area contributed by atoms with Crippen molar-refractivity contribution >= 4 is 29.1 Å². The van der Waals surface area contributed by atoms with Crippen LogP contribution in [0, 0.1) is 0 Å². The van der Waals surface area contributed by atoms with Gasteiger partial charge in [0.2, 0.25) is 5.95 Å². The highest BCUT2D eigenvalue weighted by Gasteiger charge is 2.13. The molecule has 0 saturated heterocycles. The number of anilines is 2. The number of amides is 1. The summed E-state index contributed by atoms with van der Waals surface area (Å²) in [5, 5.41) is 6.20. The van der Waals surface area contributed by atoms with Gasteiger partial charge in [0.1, 0.15) is 17.2 Å². The van der Waals surface area contributed by atoms with Gasteiger partial charge in [0.05, 0.1) is 37.2 Å². The number of nitrogens with one attached hydrogen (secondary N) is 2. The van der Waals surface area contributed by atoms with E-state index in [9.17, 15) is 4.79 Å². The Morgan fingerprint density at radius 2 is 1.89 bits per heavy atom. The number of aromatic nitrogens is 3. The molecular weight excluding hydrogens is 382 g/mol. The largest absolute Gasteiger partial charge is 0.495 e. The summed E-state index contributed by atoms with van der Waals surface area (Å²) in [6, 6.07) is 10.3. The second-order valence-corrected chi connectivity index (χ2v) is 5.99. The van der Waals surface area contributed by atoms with Crippen molar-refractivity contribution in [2.24, 2.45) is 0 Å². The number of hydrogen-bond acceptors (Lipinski definition) is 7. The Morgan fingerprint density at radius 3 is 2.61 bits per heavy atom. The standard InChI is InChI=1S/C19H18ClN5O3/c1-27-16-10-15(17(28-2)9-13(16)20)25-19-22-8-6-14(24-19)18(26)23-11-12-5-3-4-7-21-12/h3-10H,11H2,1-2H3,(H,23,26)(H,22,24,25). The van der Waals surface area contributed by atoms with Crippen molar-refractivity contribution in [1.82, 2.24) is 20.3 Å². The molecule has 2 aromatic heterocycles. The zero-order valence-corrected chi connectivity index (χ0v) is 16.0. The van der Waals surface area contributed by atoms with Gasteiger partial charge in [-0.3, -0.25) is 9.78 Å². The van der Waals surface area contributed by atoms with Crippen LogP contribution in [0.25, 0.3) is 0 Å². The van der Waals surface area contributed by atoms with Crippen molar-refractivity contribution in [2.75, 3.05) is 19.5 Å². The molecule has 2 N–H and O–H groups in total. The van der Waals surface area contributed by atoms with Crippen molar-refractivity contribution < 1.29 is 14.3 Å². The third kappa shape index (κ3) is 4.66. The van der Waals surface area contributed by atoms with Gasteiger partial charge in [-0.05, 0) is 18.2 Å². The molecule has 8 nitrogen and oxygen atoms in total. The van der Waals surface area contributed by atoms with Crippen molar-refractivity contribution in [3.05, 3.63) is 65.2 Å². The van der Waals surface area contributed by atoms with Crippen LogP contribution in [0.4, 0.5) is 11.6 Å². The van der Waals surface area contributed by atoms with Crippen molar-refractivity contribution in [1.29, 1.82) is 0 Å². The molecule has 0 aliphatic rings. The van der Waals surface area contributed by atoms with Crippen LogP contribution in [-0.4, -0.2) is 35.1 Å². The average Bonchev–Trinajstić information content (AvgIpc) is 2.73. The molecule has 3 rings (SSSR count). The van der Waals surface area contributed by atoms with E-state index in [1.165, 1.54) is 26.5 Å². The van der Waals surface area contributed by atoms with E-state index in [0.29, 0.717) is 28.8 Å². The molecule has 9 heteroatoms. The molecule has 0 atom stereocenters. The summed E-state index contributed by atoms with van der Waals surface area (Å²) >= 11 is 6.11. The number of pyridine rings is 1. The van der Waals surface area contributed by atoms with Gasteiger partial charge in [0.25, 0.3) is 5.91 Å². The predicted octanol–water partition coefficient (Wildman–Crippen LogP) is 3.22. The minimum Gasteiger partial charge on any atom is -0.495 e. The fourth-order valence-electron chi connectivity index (χ4n) is 2.39. The predicted molar refractivity (Wildman–Crippen MR) is 105 cm³/mol. The maximum absolute atomic E-state index is 12.4.